The largest absolute Gasteiger partial charge is 0.515 e. The van der Waals surface area contributed by atoms with Gasteiger partial charge in [0.05, 0.1) is 9.75 Å². The Bertz CT molecular complexity index is 371. The molecule has 2 atom stereocenters. The predicted molar refractivity (Wildman–Crippen MR) is 149 cm³/mol. The average Bonchev–Trinajstić information content (AvgIpc) is 2.76. The van der Waals surface area contributed by atoms with Gasteiger partial charge in [0, 0.05) is 39.6 Å². The Hall–Kier alpha value is 1.59. The van der Waals surface area contributed by atoms with Crippen LogP contribution in [-0.4, -0.2) is 67.0 Å². The van der Waals surface area contributed by atoms with E-state index >= 15 is 0 Å². The van der Waals surface area contributed by atoms with Gasteiger partial charge in [-0.15, -0.1) is 0 Å². The van der Waals surface area contributed by atoms with Crippen LogP contribution >= 0.6 is 41.2 Å². The summed E-state index contributed by atoms with van der Waals surface area (Å²) in [5, 5.41) is 0. The second kappa shape index (κ2) is 20.8. The average molecular weight is 567 g/mol. The third-order valence-electron chi connectivity index (χ3n) is 4.30. The van der Waals surface area contributed by atoms with E-state index in [1.165, 1.54) is 0 Å². The third-order valence-corrected chi connectivity index (χ3v) is 20.7. The Labute approximate surface area is 215 Å². The van der Waals surface area contributed by atoms with E-state index in [0.717, 1.165) is 25.7 Å². The molecule has 2 unspecified atom stereocenters. The van der Waals surface area contributed by atoms with Crippen LogP contribution in [-0.2, 0) is 26.6 Å². The maximum atomic E-state index is 6.18. The molecule has 6 nitrogen and oxygen atoms in total. The molecule has 0 aromatic heterocycles. The number of rotatable bonds is 23. The van der Waals surface area contributed by atoms with Crippen LogP contribution in [0.15, 0.2) is 0 Å². The highest BCUT2D eigenvalue weighted by atomic mass is 33.7. The first kappa shape index (κ1) is 33.6. The smallest absolute Gasteiger partial charge is 0.373 e. The highest BCUT2D eigenvalue weighted by Crippen LogP contribution is 2.51. The molecule has 0 heterocycles. The Balaban J connectivity index is 5.31. The molecule has 194 valence electrons. The summed E-state index contributed by atoms with van der Waals surface area (Å²) < 4.78 is 37.1. The first-order chi connectivity index (χ1) is 15.5. The third kappa shape index (κ3) is 11.6. The first-order valence-electron chi connectivity index (χ1n) is 12.0. The highest BCUT2D eigenvalue weighted by molar-refractivity contribution is 9.26. The molecule has 0 bridgehead atoms. The van der Waals surface area contributed by atoms with Crippen molar-refractivity contribution in [2.45, 2.75) is 90.8 Å². The van der Waals surface area contributed by atoms with E-state index in [-0.39, 0.29) is 9.75 Å². The standard InChI is InChI=1S/C20H46O6S4Si2/c1-9-17-19(31(21-11-3,22-12-4)23-13-5)27-29-30-28-20(18-10-2)32(24-14-6,25-15-7)26-16-8/h19-20H,9-18H2,1-8H3. The van der Waals surface area contributed by atoms with Crippen molar-refractivity contribution < 1.29 is 26.6 Å². The van der Waals surface area contributed by atoms with E-state index in [0.29, 0.717) is 39.6 Å². The fraction of sp³-hybridized carbons (Fsp3) is 1.00. The van der Waals surface area contributed by atoms with Gasteiger partial charge in [0.1, 0.15) is 0 Å². The molecular formula is C20H46O6S4Si2. The normalized spacial score (nSPS) is 14.6. The summed E-state index contributed by atoms with van der Waals surface area (Å²) >= 11 is 0. The molecule has 0 fully saturated rings. The van der Waals surface area contributed by atoms with Crippen molar-refractivity contribution in [3.05, 3.63) is 0 Å². The number of hydrogen-bond acceptors (Lipinski definition) is 10. The summed E-state index contributed by atoms with van der Waals surface area (Å²) in [6, 6.07) is 0. The van der Waals surface area contributed by atoms with Crippen LogP contribution < -0.4 is 0 Å². The molecule has 0 aromatic carbocycles. The molecule has 0 aliphatic carbocycles. The lowest BCUT2D eigenvalue weighted by molar-refractivity contribution is 0.0681. The van der Waals surface area contributed by atoms with Crippen molar-refractivity contribution in [2.24, 2.45) is 0 Å². The Morgan fingerprint density at radius 3 is 0.906 bits per heavy atom. The SMILES string of the molecule is CCCC(SSSSC(CCC)[Si](OCC)(OCC)OCC)[Si](OCC)(OCC)OCC. The lowest BCUT2D eigenvalue weighted by Gasteiger charge is -2.35. The quantitative estimate of drug-likeness (QED) is 0.0722. The van der Waals surface area contributed by atoms with Crippen molar-refractivity contribution in [1.29, 1.82) is 0 Å². The lowest BCUT2D eigenvalue weighted by atomic mass is 10.4. The molecule has 12 heteroatoms. The van der Waals surface area contributed by atoms with Crippen LogP contribution in [0.5, 0.6) is 0 Å². The molecule has 0 saturated heterocycles. The van der Waals surface area contributed by atoms with E-state index in [1.807, 2.05) is 63.1 Å². The van der Waals surface area contributed by atoms with Crippen LogP contribution in [0.4, 0.5) is 0 Å². The minimum Gasteiger partial charge on any atom is -0.373 e. The molecule has 0 aromatic rings. The van der Waals surface area contributed by atoms with Gasteiger partial charge in [-0.3, -0.25) is 0 Å². The summed E-state index contributed by atoms with van der Waals surface area (Å²) in [5.74, 6) is 0. The second-order valence-corrected chi connectivity index (χ2v) is 19.3. The summed E-state index contributed by atoms with van der Waals surface area (Å²) in [6.45, 7) is 20.1. The van der Waals surface area contributed by atoms with Gasteiger partial charge in [0.15, 0.2) is 0 Å². The Kier molecular flexibility index (Phi) is 21.8. The Morgan fingerprint density at radius 2 is 0.719 bits per heavy atom. The monoisotopic (exact) mass is 566 g/mol. The molecule has 0 spiro atoms. The fourth-order valence-electron chi connectivity index (χ4n) is 3.23. The van der Waals surface area contributed by atoms with Gasteiger partial charge >= 0.3 is 17.6 Å². The van der Waals surface area contributed by atoms with E-state index in [2.05, 4.69) is 13.8 Å². The topological polar surface area (TPSA) is 55.4 Å². The van der Waals surface area contributed by atoms with E-state index in [9.17, 15) is 0 Å². The molecule has 0 aliphatic rings. The zero-order valence-electron chi connectivity index (χ0n) is 21.3. The number of hydrogen-bond donors (Lipinski definition) is 0. The summed E-state index contributed by atoms with van der Waals surface area (Å²) in [4.78, 5) is 0.394. The maximum absolute atomic E-state index is 6.18. The molecule has 0 saturated carbocycles. The minimum absolute atomic E-state index is 0.197. The van der Waals surface area contributed by atoms with Crippen LogP contribution in [0.1, 0.15) is 81.1 Å². The molecule has 0 rings (SSSR count). The highest BCUT2D eigenvalue weighted by Gasteiger charge is 2.51. The van der Waals surface area contributed by atoms with Crippen LogP contribution in [0.2, 0.25) is 0 Å². The minimum atomic E-state index is -2.76. The maximum Gasteiger partial charge on any atom is 0.515 e. The van der Waals surface area contributed by atoms with Gasteiger partial charge in [-0.05, 0) is 74.0 Å². The van der Waals surface area contributed by atoms with Gasteiger partial charge in [0.2, 0.25) is 0 Å². The molecule has 0 N–H and O–H groups in total. The molecule has 0 amide bonds. The fourth-order valence-corrected chi connectivity index (χ4v) is 21.2. The Morgan fingerprint density at radius 1 is 0.469 bits per heavy atom. The molecule has 0 radical (unpaired) electrons. The first-order valence-corrected chi connectivity index (χ1v) is 20.5. The van der Waals surface area contributed by atoms with Gasteiger partial charge in [-0.25, -0.2) is 0 Å². The van der Waals surface area contributed by atoms with Crippen molar-refractivity contribution in [2.75, 3.05) is 39.6 Å². The summed E-state index contributed by atoms with van der Waals surface area (Å²) in [7, 11) is 1.68. The van der Waals surface area contributed by atoms with Gasteiger partial charge in [-0.2, -0.15) is 0 Å². The van der Waals surface area contributed by atoms with Gasteiger partial charge < -0.3 is 26.6 Å². The second-order valence-electron chi connectivity index (χ2n) is 6.69. The summed E-state index contributed by atoms with van der Waals surface area (Å²) in [6.07, 6.45) is 4.13. The van der Waals surface area contributed by atoms with E-state index < -0.39 is 17.6 Å². The predicted octanol–water partition coefficient (Wildman–Crippen LogP) is 7.18. The van der Waals surface area contributed by atoms with Crippen molar-refractivity contribution in [3.63, 3.8) is 0 Å². The van der Waals surface area contributed by atoms with Crippen LogP contribution in [0, 0.1) is 0 Å². The summed E-state index contributed by atoms with van der Waals surface area (Å²) in [5.41, 5.74) is 0. The van der Waals surface area contributed by atoms with E-state index in [4.69, 9.17) is 26.6 Å². The van der Waals surface area contributed by atoms with Crippen molar-refractivity contribution in [3.8, 4) is 0 Å². The molecule has 32 heavy (non-hydrogen) atoms. The van der Waals surface area contributed by atoms with Crippen molar-refractivity contribution in [1.82, 2.24) is 0 Å². The van der Waals surface area contributed by atoms with Gasteiger partial charge in [0.25, 0.3) is 0 Å². The van der Waals surface area contributed by atoms with Gasteiger partial charge in [-0.1, -0.05) is 48.3 Å². The zero-order chi connectivity index (χ0) is 24.3. The molecule has 0 aliphatic heterocycles. The van der Waals surface area contributed by atoms with Crippen LogP contribution in [0.25, 0.3) is 0 Å². The molecular weight excluding hydrogens is 521 g/mol. The lowest BCUT2D eigenvalue weighted by Crippen LogP contribution is -2.55. The van der Waals surface area contributed by atoms with E-state index in [1.54, 1.807) is 19.7 Å². The van der Waals surface area contributed by atoms with Crippen LogP contribution in [0.3, 0.4) is 0 Å². The van der Waals surface area contributed by atoms with Crippen molar-refractivity contribution >= 4 is 58.8 Å². The zero-order valence-corrected chi connectivity index (χ0v) is 26.6.